The maximum Gasteiger partial charge on any atom is 0.122 e. The van der Waals surface area contributed by atoms with E-state index in [1.165, 1.54) is 5.56 Å². The SMILES string of the molecule is CCc1ccccc1OCCc1nc(C)c(C(C)(C)O)s1. The van der Waals surface area contributed by atoms with Gasteiger partial charge in [0, 0.05) is 6.42 Å². The second-order valence-electron chi connectivity index (χ2n) is 5.64. The molecule has 21 heavy (non-hydrogen) atoms. The van der Waals surface area contributed by atoms with Crippen LogP contribution in [0.1, 0.15) is 41.9 Å². The lowest BCUT2D eigenvalue weighted by molar-refractivity contribution is 0.0817. The van der Waals surface area contributed by atoms with E-state index in [0.717, 1.165) is 34.2 Å². The number of benzene rings is 1. The second kappa shape index (κ2) is 6.58. The highest BCUT2D eigenvalue weighted by atomic mass is 32.1. The molecule has 0 amide bonds. The second-order valence-corrected chi connectivity index (χ2v) is 6.72. The van der Waals surface area contributed by atoms with Gasteiger partial charge < -0.3 is 9.84 Å². The van der Waals surface area contributed by atoms with Gasteiger partial charge in [0.1, 0.15) is 5.75 Å². The van der Waals surface area contributed by atoms with Crippen molar-refractivity contribution in [1.29, 1.82) is 0 Å². The Morgan fingerprint density at radius 1 is 1.29 bits per heavy atom. The minimum Gasteiger partial charge on any atom is -0.493 e. The molecule has 1 aromatic heterocycles. The third-order valence-electron chi connectivity index (χ3n) is 3.32. The zero-order valence-corrected chi connectivity index (χ0v) is 14.0. The Morgan fingerprint density at radius 3 is 2.62 bits per heavy atom. The fraction of sp³-hybridized carbons (Fsp3) is 0.471. The molecule has 114 valence electrons. The largest absolute Gasteiger partial charge is 0.493 e. The van der Waals surface area contributed by atoms with Crippen LogP contribution in [0.4, 0.5) is 0 Å². The molecule has 0 radical (unpaired) electrons. The van der Waals surface area contributed by atoms with Gasteiger partial charge in [0.15, 0.2) is 0 Å². The molecule has 1 heterocycles. The van der Waals surface area contributed by atoms with Gasteiger partial charge in [-0.3, -0.25) is 0 Å². The molecule has 0 aliphatic rings. The highest BCUT2D eigenvalue weighted by Gasteiger charge is 2.22. The fourth-order valence-electron chi connectivity index (χ4n) is 2.31. The number of aromatic nitrogens is 1. The lowest BCUT2D eigenvalue weighted by Gasteiger charge is -2.15. The van der Waals surface area contributed by atoms with E-state index in [0.29, 0.717) is 6.61 Å². The van der Waals surface area contributed by atoms with Crippen LogP contribution in [0.5, 0.6) is 5.75 Å². The van der Waals surface area contributed by atoms with Crippen LogP contribution in [-0.4, -0.2) is 16.7 Å². The summed E-state index contributed by atoms with van der Waals surface area (Å²) in [5.41, 5.74) is 1.32. The van der Waals surface area contributed by atoms with Crippen molar-refractivity contribution < 1.29 is 9.84 Å². The summed E-state index contributed by atoms with van der Waals surface area (Å²) in [6.45, 7) is 8.27. The number of hydrogen-bond acceptors (Lipinski definition) is 4. The molecular formula is C17H23NO2S. The molecule has 2 aromatic rings. The number of hydrogen-bond donors (Lipinski definition) is 1. The van der Waals surface area contributed by atoms with Gasteiger partial charge in [0.05, 0.1) is 27.8 Å². The van der Waals surface area contributed by atoms with Gasteiger partial charge in [-0.05, 0) is 38.8 Å². The van der Waals surface area contributed by atoms with E-state index in [1.54, 1.807) is 25.2 Å². The molecule has 3 nitrogen and oxygen atoms in total. The topological polar surface area (TPSA) is 42.4 Å². The van der Waals surface area contributed by atoms with E-state index in [4.69, 9.17) is 4.74 Å². The van der Waals surface area contributed by atoms with Crippen molar-refractivity contribution in [2.75, 3.05) is 6.61 Å². The van der Waals surface area contributed by atoms with Crippen LogP contribution in [0.3, 0.4) is 0 Å². The average Bonchev–Trinajstić information content (AvgIpc) is 2.80. The van der Waals surface area contributed by atoms with E-state index in [1.807, 2.05) is 25.1 Å². The zero-order valence-electron chi connectivity index (χ0n) is 13.1. The standard InChI is InChI=1S/C17H23NO2S/c1-5-13-8-6-7-9-14(13)20-11-10-15-18-12(2)16(21-15)17(3,4)19/h6-9,19H,5,10-11H2,1-4H3. The molecule has 0 aliphatic heterocycles. The van der Waals surface area contributed by atoms with Gasteiger partial charge >= 0.3 is 0 Å². The normalized spacial score (nSPS) is 11.7. The minimum absolute atomic E-state index is 0.606. The summed E-state index contributed by atoms with van der Waals surface area (Å²) < 4.78 is 5.87. The molecule has 0 aliphatic carbocycles. The lowest BCUT2D eigenvalue weighted by Crippen LogP contribution is -2.14. The van der Waals surface area contributed by atoms with Gasteiger partial charge in [0.2, 0.25) is 0 Å². The molecule has 2 rings (SSSR count). The van der Waals surface area contributed by atoms with Crippen LogP contribution in [0, 0.1) is 6.92 Å². The van der Waals surface area contributed by atoms with Gasteiger partial charge in [0.25, 0.3) is 0 Å². The number of aliphatic hydroxyl groups is 1. The Balaban J connectivity index is 1.98. The van der Waals surface area contributed by atoms with Crippen molar-refractivity contribution in [2.24, 2.45) is 0 Å². The maximum atomic E-state index is 10.1. The van der Waals surface area contributed by atoms with Crippen molar-refractivity contribution in [3.05, 3.63) is 45.4 Å². The monoisotopic (exact) mass is 305 g/mol. The maximum absolute atomic E-state index is 10.1. The van der Waals surface area contributed by atoms with E-state index in [-0.39, 0.29) is 0 Å². The Morgan fingerprint density at radius 2 is 2.00 bits per heavy atom. The highest BCUT2D eigenvalue weighted by Crippen LogP contribution is 2.29. The van der Waals surface area contributed by atoms with Gasteiger partial charge in [-0.1, -0.05) is 25.1 Å². The first kappa shape index (κ1) is 16.0. The summed E-state index contributed by atoms with van der Waals surface area (Å²) >= 11 is 1.57. The summed E-state index contributed by atoms with van der Waals surface area (Å²) in [6.07, 6.45) is 1.73. The van der Waals surface area contributed by atoms with E-state index in [2.05, 4.69) is 18.0 Å². The van der Waals surface area contributed by atoms with Crippen LogP contribution in [0.2, 0.25) is 0 Å². The summed E-state index contributed by atoms with van der Waals surface area (Å²) in [6, 6.07) is 8.13. The van der Waals surface area contributed by atoms with Crippen molar-refractivity contribution in [3.63, 3.8) is 0 Å². The molecule has 1 N–H and O–H groups in total. The Bertz CT molecular complexity index is 599. The van der Waals surface area contributed by atoms with Crippen LogP contribution in [0.25, 0.3) is 0 Å². The predicted octanol–water partition coefficient (Wildman–Crippen LogP) is 3.86. The van der Waals surface area contributed by atoms with Crippen LogP contribution in [0.15, 0.2) is 24.3 Å². The number of ether oxygens (including phenoxy) is 1. The first-order valence-corrected chi connectivity index (χ1v) is 8.13. The van der Waals surface area contributed by atoms with E-state index < -0.39 is 5.60 Å². The summed E-state index contributed by atoms with van der Waals surface area (Å²) in [5.74, 6) is 0.955. The molecule has 0 fully saturated rings. The summed E-state index contributed by atoms with van der Waals surface area (Å²) in [7, 11) is 0. The third-order valence-corrected chi connectivity index (χ3v) is 4.85. The average molecular weight is 305 g/mol. The molecule has 0 saturated carbocycles. The van der Waals surface area contributed by atoms with E-state index >= 15 is 0 Å². The molecule has 0 atom stereocenters. The third kappa shape index (κ3) is 4.05. The molecule has 0 spiro atoms. The molecule has 0 unspecified atom stereocenters. The highest BCUT2D eigenvalue weighted by molar-refractivity contribution is 7.11. The van der Waals surface area contributed by atoms with Crippen LogP contribution >= 0.6 is 11.3 Å². The van der Waals surface area contributed by atoms with Crippen molar-refractivity contribution >= 4 is 11.3 Å². The van der Waals surface area contributed by atoms with Crippen molar-refractivity contribution in [2.45, 2.75) is 46.1 Å². The number of para-hydroxylation sites is 1. The minimum atomic E-state index is -0.824. The Hall–Kier alpha value is -1.39. The number of thiazole rings is 1. The number of nitrogens with zero attached hydrogens (tertiary/aromatic N) is 1. The fourth-order valence-corrected chi connectivity index (χ4v) is 3.36. The lowest BCUT2D eigenvalue weighted by atomic mass is 10.1. The Labute approximate surface area is 130 Å². The van der Waals surface area contributed by atoms with Gasteiger partial charge in [-0.15, -0.1) is 11.3 Å². The predicted molar refractivity (Wildman–Crippen MR) is 87.1 cm³/mol. The Kier molecular flexibility index (Phi) is 5.01. The molecule has 0 saturated heterocycles. The molecule has 1 aromatic carbocycles. The van der Waals surface area contributed by atoms with E-state index in [9.17, 15) is 5.11 Å². The zero-order chi connectivity index (χ0) is 15.5. The number of aryl methyl sites for hydroxylation is 2. The van der Waals surface area contributed by atoms with Gasteiger partial charge in [-0.25, -0.2) is 4.98 Å². The van der Waals surface area contributed by atoms with Gasteiger partial charge in [-0.2, -0.15) is 0 Å². The first-order chi connectivity index (χ1) is 9.91. The quantitative estimate of drug-likeness (QED) is 0.881. The number of rotatable bonds is 6. The van der Waals surface area contributed by atoms with Crippen molar-refractivity contribution in [3.8, 4) is 5.75 Å². The van der Waals surface area contributed by atoms with Crippen LogP contribution in [-0.2, 0) is 18.4 Å². The molecule has 0 bridgehead atoms. The summed E-state index contributed by atoms with van der Waals surface area (Å²) in [5, 5.41) is 11.1. The molecule has 4 heteroatoms. The molecular weight excluding hydrogens is 282 g/mol. The summed E-state index contributed by atoms with van der Waals surface area (Å²) in [4.78, 5) is 5.47. The van der Waals surface area contributed by atoms with Crippen LogP contribution < -0.4 is 4.74 Å². The van der Waals surface area contributed by atoms with Crippen molar-refractivity contribution in [1.82, 2.24) is 4.98 Å². The first-order valence-electron chi connectivity index (χ1n) is 7.31. The smallest absolute Gasteiger partial charge is 0.122 e.